The Morgan fingerprint density at radius 3 is 2.92 bits per heavy atom. The van der Waals surface area contributed by atoms with Crippen LogP contribution in [0.25, 0.3) is 5.69 Å². The number of amides is 1. The highest BCUT2D eigenvalue weighted by Crippen LogP contribution is 2.40. The third kappa shape index (κ3) is 3.37. The van der Waals surface area contributed by atoms with Crippen LogP contribution in [-0.4, -0.2) is 44.9 Å². The van der Waals surface area contributed by atoms with E-state index in [-0.39, 0.29) is 12.0 Å². The molecular formula is C16H19ClN6O2. The summed E-state index contributed by atoms with van der Waals surface area (Å²) in [5.74, 6) is 1.00. The summed E-state index contributed by atoms with van der Waals surface area (Å²) in [5.41, 5.74) is 6.87. The van der Waals surface area contributed by atoms with E-state index in [2.05, 4.69) is 20.8 Å². The second-order valence-electron chi connectivity index (χ2n) is 6.44. The standard InChI is InChI=1S/C16H19ClN6O2/c17-12-5-3-10(19-16(24)14-6-4-11(8-18)25-14)7-13(12)23-15(9-1-2-9)20-21-22-23/h3,5,7,9,11,14H,1-2,4,6,8,18H2,(H,19,24)/t11-,14+/m1/s1. The van der Waals surface area contributed by atoms with Crippen molar-refractivity contribution < 1.29 is 9.53 Å². The van der Waals surface area contributed by atoms with E-state index in [0.29, 0.717) is 35.3 Å². The zero-order valence-corrected chi connectivity index (χ0v) is 14.3. The van der Waals surface area contributed by atoms with Crippen LogP contribution in [0.4, 0.5) is 5.69 Å². The van der Waals surface area contributed by atoms with Crippen molar-refractivity contribution in [3.05, 3.63) is 29.0 Å². The number of carbonyl (C=O) groups excluding carboxylic acids is 1. The number of nitrogens with one attached hydrogen (secondary N) is 1. The topological polar surface area (TPSA) is 108 Å². The van der Waals surface area contributed by atoms with E-state index >= 15 is 0 Å². The van der Waals surface area contributed by atoms with Crippen LogP contribution < -0.4 is 11.1 Å². The third-order valence-electron chi connectivity index (χ3n) is 4.54. The van der Waals surface area contributed by atoms with Gasteiger partial charge in [0.25, 0.3) is 5.91 Å². The summed E-state index contributed by atoms with van der Waals surface area (Å²) in [4.78, 5) is 12.4. The molecular weight excluding hydrogens is 344 g/mol. The van der Waals surface area contributed by atoms with Crippen molar-refractivity contribution in [2.24, 2.45) is 5.73 Å². The van der Waals surface area contributed by atoms with Gasteiger partial charge in [-0.1, -0.05) is 11.6 Å². The van der Waals surface area contributed by atoms with Crippen LogP contribution in [0, 0.1) is 0 Å². The van der Waals surface area contributed by atoms with Gasteiger partial charge < -0.3 is 15.8 Å². The van der Waals surface area contributed by atoms with Crippen molar-refractivity contribution in [3.8, 4) is 5.69 Å². The summed E-state index contributed by atoms with van der Waals surface area (Å²) in [6.45, 7) is 0.429. The lowest BCUT2D eigenvalue weighted by molar-refractivity contribution is -0.126. The SMILES string of the molecule is NC[C@H]1CC[C@@H](C(=O)Nc2ccc(Cl)c(-n3nnnc3C3CC3)c2)O1. The van der Waals surface area contributed by atoms with Crippen LogP contribution in [0.2, 0.25) is 5.02 Å². The maximum absolute atomic E-state index is 12.4. The van der Waals surface area contributed by atoms with E-state index < -0.39 is 6.10 Å². The maximum Gasteiger partial charge on any atom is 0.253 e. The van der Waals surface area contributed by atoms with Crippen molar-refractivity contribution in [1.29, 1.82) is 0 Å². The fourth-order valence-electron chi connectivity index (χ4n) is 3.01. The lowest BCUT2D eigenvalue weighted by Gasteiger charge is -2.14. The monoisotopic (exact) mass is 362 g/mol. The molecule has 2 atom stereocenters. The molecule has 4 rings (SSSR count). The molecule has 2 fully saturated rings. The number of ether oxygens (including phenoxy) is 1. The van der Waals surface area contributed by atoms with Gasteiger partial charge >= 0.3 is 0 Å². The first kappa shape index (κ1) is 16.4. The second-order valence-corrected chi connectivity index (χ2v) is 6.85. The number of hydrogen-bond donors (Lipinski definition) is 2. The van der Waals surface area contributed by atoms with E-state index in [1.54, 1.807) is 22.9 Å². The fraction of sp³-hybridized carbons (Fsp3) is 0.500. The summed E-state index contributed by atoms with van der Waals surface area (Å²) in [6, 6.07) is 5.25. The minimum absolute atomic E-state index is 0.0427. The van der Waals surface area contributed by atoms with Gasteiger partial charge in [0, 0.05) is 18.2 Å². The second kappa shape index (κ2) is 6.70. The number of rotatable bonds is 5. The van der Waals surface area contributed by atoms with Gasteiger partial charge in [-0.25, -0.2) is 0 Å². The number of carbonyl (C=O) groups is 1. The molecule has 132 valence electrons. The minimum atomic E-state index is -0.470. The lowest BCUT2D eigenvalue weighted by atomic mass is 10.2. The Morgan fingerprint density at radius 2 is 2.20 bits per heavy atom. The van der Waals surface area contributed by atoms with Crippen LogP contribution in [0.15, 0.2) is 18.2 Å². The van der Waals surface area contributed by atoms with Gasteiger partial charge in [0.05, 0.1) is 16.8 Å². The molecule has 0 spiro atoms. The molecule has 2 heterocycles. The summed E-state index contributed by atoms with van der Waals surface area (Å²) in [5, 5.41) is 15.3. The average Bonchev–Trinajstić information content (AvgIpc) is 3.15. The van der Waals surface area contributed by atoms with Crippen molar-refractivity contribution >= 4 is 23.2 Å². The highest BCUT2D eigenvalue weighted by Gasteiger charge is 2.31. The van der Waals surface area contributed by atoms with Gasteiger partial charge in [0.1, 0.15) is 6.10 Å². The van der Waals surface area contributed by atoms with Crippen LogP contribution in [0.5, 0.6) is 0 Å². The number of halogens is 1. The molecule has 0 radical (unpaired) electrons. The van der Waals surface area contributed by atoms with Gasteiger partial charge in [-0.15, -0.1) is 5.10 Å². The van der Waals surface area contributed by atoms with Crippen molar-refractivity contribution in [3.63, 3.8) is 0 Å². The van der Waals surface area contributed by atoms with Crippen molar-refractivity contribution in [2.45, 2.75) is 43.8 Å². The Balaban J connectivity index is 1.53. The third-order valence-corrected chi connectivity index (χ3v) is 4.86. The van der Waals surface area contributed by atoms with E-state index in [1.165, 1.54) is 0 Å². The Morgan fingerprint density at radius 1 is 1.36 bits per heavy atom. The zero-order valence-electron chi connectivity index (χ0n) is 13.6. The molecule has 9 heteroatoms. The number of nitrogens with two attached hydrogens (primary N) is 1. The molecule has 0 unspecified atom stereocenters. The average molecular weight is 363 g/mol. The van der Waals surface area contributed by atoms with Crippen molar-refractivity contribution in [2.75, 3.05) is 11.9 Å². The summed E-state index contributed by atoms with van der Waals surface area (Å²) in [6.07, 6.45) is 3.12. The molecule has 2 aromatic rings. The Labute approximate surface area is 149 Å². The highest BCUT2D eigenvalue weighted by molar-refractivity contribution is 6.32. The van der Waals surface area contributed by atoms with Crippen LogP contribution in [0.1, 0.15) is 37.4 Å². The zero-order chi connectivity index (χ0) is 17.4. The molecule has 2 aliphatic rings. The predicted molar refractivity (Wildman–Crippen MR) is 91.7 cm³/mol. The Bertz CT molecular complexity index is 791. The number of benzene rings is 1. The van der Waals surface area contributed by atoms with Gasteiger partial charge in [-0.3, -0.25) is 4.79 Å². The minimum Gasteiger partial charge on any atom is -0.364 e. The molecule has 1 saturated carbocycles. The van der Waals surface area contributed by atoms with Crippen LogP contribution in [0.3, 0.4) is 0 Å². The van der Waals surface area contributed by atoms with E-state index in [4.69, 9.17) is 22.1 Å². The van der Waals surface area contributed by atoms with Gasteiger partial charge in [0.2, 0.25) is 0 Å². The number of tetrazole rings is 1. The number of hydrogen-bond acceptors (Lipinski definition) is 6. The molecule has 1 aromatic heterocycles. The largest absolute Gasteiger partial charge is 0.364 e. The first-order chi connectivity index (χ1) is 12.2. The molecule has 1 aliphatic carbocycles. The van der Waals surface area contributed by atoms with E-state index in [0.717, 1.165) is 25.1 Å². The van der Waals surface area contributed by atoms with Crippen LogP contribution in [-0.2, 0) is 9.53 Å². The van der Waals surface area contributed by atoms with Crippen LogP contribution >= 0.6 is 11.6 Å². The molecule has 25 heavy (non-hydrogen) atoms. The molecule has 3 N–H and O–H groups in total. The molecule has 1 saturated heterocycles. The smallest absolute Gasteiger partial charge is 0.253 e. The maximum atomic E-state index is 12.4. The predicted octanol–water partition coefficient (Wildman–Crippen LogP) is 1.64. The fourth-order valence-corrected chi connectivity index (χ4v) is 3.21. The van der Waals surface area contributed by atoms with E-state index in [1.807, 2.05) is 0 Å². The highest BCUT2D eigenvalue weighted by atomic mass is 35.5. The van der Waals surface area contributed by atoms with Crippen molar-refractivity contribution in [1.82, 2.24) is 20.2 Å². The normalized spacial score (nSPS) is 23.0. The number of anilines is 1. The Kier molecular flexibility index (Phi) is 4.41. The summed E-state index contributed by atoms with van der Waals surface area (Å²) < 4.78 is 7.27. The molecule has 1 aliphatic heterocycles. The van der Waals surface area contributed by atoms with Gasteiger partial charge in [-0.2, -0.15) is 4.68 Å². The number of nitrogens with zero attached hydrogens (tertiary/aromatic N) is 4. The van der Waals surface area contributed by atoms with E-state index in [9.17, 15) is 4.79 Å². The number of aromatic nitrogens is 4. The van der Waals surface area contributed by atoms with Gasteiger partial charge in [-0.05, 0) is 54.3 Å². The quantitative estimate of drug-likeness (QED) is 0.837. The molecule has 8 nitrogen and oxygen atoms in total. The molecule has 0 bridgehead atoms. The first-order valence-corrected chi connectivity index (χ1v) is 8.78. The molecule has 1 aromatic carbocycles. The Hall–Kier alpha value is -2.03. The summed E-state index contributed by atoms with van der Waals surface area (Å²) in [7, 11) is 0. The summed E-state index contributed by atoms with van der Waals surface area (Å²) >= 11 is 6.32. The lowest BCUT2D eigenvalue weighted by Crippen LogP contribution is -2.29. The van der Waals surface area contributed by atoms with Gasteiger partial charge in [0.15, 0.2) is 5.82 Å². The molecule has 1 amide bonds. The first-order valence-electron chi connectivity index (χ1n) is 8.40.